The second-order valence-corrected chi connectivity index (χ2v) is 1.98. The van der Waals surface area contributed by atoms with Gasteiger partial charge < -0.3 is 4.74 Å². The molecule has 0 aromatic heterocycles. The van der Waals surface area contributed by atoms with E-state index in [9.17, 15) is 4.79 Å². The minimum atomic E-state index is -1.44. The summed E-state index contributed by atoms with van der Waals surface area (Å²) in [6, 6.07) is 2.97. The summed E-state index contributed by atoms with van der Waals surface area (Å²) in [6.07, 6.45) is 0. The summed E-state index contributed by atoms with van der Waals surface area (Å²) in [5.74, 6) is -0.863. The van der Waals surface area contributed by atoms with Crippen LogP contribution in [0.5, 0.6) is 0 Å². The van der Waals surface area contributed by atoms with Crippen LogP contribution in [0.15, 0.2) is 4.99 Å². The fourth-order valence-corrected chi connectivity index (χ4v) is 0.567. The van der Waals surface area contributed by atoms with Gasteiger partial charge in [0.25, 0.3) is 0 Å². The first-order valence-electron chi connectivity index (χ1n) is 3.63. The average molecular weight is 190 g/mol. The molecule has 0 aromatic carbocycles. The first kappa shape index (κ1) is 11.6. The van der Waals surface area contributed by atoms with Gasteiger partial charge in [-0.3, -0.25) is 0 Å². The summed E-state index contributed by atoms with van der Waals surface area (Å²) in [7, 11) is 0. The average Bonchev–Trinajstić information content (AvgIpc) is 2.20. The van der Waals surface area contributed by atoms with E-state index in [1.165, 1.54) is 18.2 Å². The number of rotatable bonds is 3. The van der Waals surface area contributed by atoms with Crippen LogP contribution in [0.4, 0.5) is 0 Å². The molecule has 1 atom stereocenters. The van der Waals surface area contributed by atoms with Crippen LogP contribution in [-0.4, -0.2) is 24.3 Å². The second-order valence-electron chi connectivity index (χ2n) is 1.98. The lowest BCUT2D eigenvalue weighted by atomic mass is 10.3. The number of aliphatic imine (C=N–C) groups is 1. The number of carbonyl (C=O) groups is 1. The van der Waals surface area contributed by atoms with Crippen LogP contribution < -0.4 is 0 Å². The minimum absolute atomic E-state index is 0.112. The van der Waals surface area contributed by atoms with E-state index < -0.39 is 17.7 Å². The number of nitriles is 3. The van der Waals surface area contributed by atoms with Crippen LogP contribution >= 0.6 is 0 Å². The van der Waals surface area contributed by atoms with Gasteiger partial charge in [0.15, 0.2) is 0 Å². The van der Waals surface area contributed by atoms with E-state index in [1.54, 1.807) is 6.92 Å². The van der Waals surface area contributed by atoms with E-state index in [1.807, 2.05) is 0 Å². The first-order valence-corrected chi connectivity index (χ1v) is 3.63. The van der Waals surface area contributed by atoms with E-state index in [0.717, 1.165) is 0 Å². The fraction of sp³-hybridized carbons (Fsp3) is 0.375. The van der Waals surface area contributed by atoms with E-state index in [4.69, 9.17) is 15.8 Å². The molecule has 0 fully saturated rings. The van der Waals surface area contributed by atoms with Gasteiger partial charge >= 0.3 is 5.97 Å². The maximum Gasteiger partial charge on any atom is 0.345 e. The van der Waals surface area contributed by atoms with Gasteiger partial charge in [-0.15, -0.1) is 0 Å². The van der Waals surface area contributed by atoms with Crippen molar-refractivity contribution in [3.05, 3.63) is 0 Å². The lowest BCUT2D eigenvalue weighted by molar-refractivity contribution is -0.143. The smallest absolute Gasteiger partial charge is 0.345 e. The highest BCUT2D eigenvalue weighted by Crippen LogP contribution is 1.94. The van der Waals surface area contributed by atoms with Crippen molar-refractivity contribution in [2.75, 3.05) is 6.61 Å². The summed E-state index contributed by atoms with van der Waals surface area (Å²) in [4.78, 5) is 14.3. The normalized spacial score (nSPS) is 9.86. The minimum Gasteiger partial charge on any atom is -0.464 e. The summed E-state index contributed by atoms with van der Waals surface area (Å²) >= 11 is 0. The van der Waals surface area contributed by atoms with Gasteiger partial charge in [-0.05, 0) is 6.92 Å². The lowest BCUT2D eigenvalue weighted by Gasteiger charge is -2.01. The van der Waals surface area contributed by atoms with Gasteiger partial charge in [0, 0.05) is 0 Å². The molecule has 0 bridgehead atoms. The third-order valence-electron chi connectivity index (χ3n) is 1.10. The molecule has 0 aliphatic heterocycles. The van der Waals surface area contributed by atoms with E-state index in [-0.39, 0.29) is 6.61 Å². The molecular weight excluding hydrogens is 184 g/mol. The van der Waals surface area contributed by atoms with Crippen molar-refractivity contribution in [1.82, 2.24) is 0 Å². The number of hydrogen-bond acceptors (Lipinski definition) is 6. The van der Waals surface area contributed by atoms with Gasteiger partial charge in [0.2, 0.25) is 11.8 Å². The molecule has 0 aromatic rings. The molecule has 0 rings (SSSR count). The quantitative estimate of drug-likeness (QED) is 0.456. The Morgan fingerprint density at radius 3 is 2.36 bits per heavy atom. The number of hydrogen-bond donors (Lipinski definition) is 0. The summed E-state index contributed by atoms with van der Waals surface area (Å²) in [5.41, 5.74) is -0.524. The van der Waals surface area contributed by atoms with Crippen molar-refractivity contribution in [3.8, 4) is 18.2 Å². The molecule has 14 heavy (non-hydrogen) atoms. The molecule has 0 saturated heterocycles. The van der Waals surface area contributed by atoms with Gasteiger partial charge in [-0.25, -0.2) is 9.79 Å². The van der Waals surface area contributed by atoms with Crippen molar-refractivity contribution in [3.63, 3.8) is 0 Å². The van der Waals surface area contributed by atoms with Crippen LogP contribution in [0, 0.1) is 34.0 Å². The number of esters is 1. The molecule has 0 amide bonds. The van der Waals surface area contributed by atoms with Crippen molar-refractivity contribution in [2.24, 2.45) is 4.99 Å². The highest BCUT2D eigenvalue weighted by molar-refractivity contribution is 6.11. The molecule has 0 saturated carbocycles. The molecule has 6 nitrogen and oxygen atoms in total. The van der Waals surface area contributed by atoms with Crippen LogP contribution in [-0.2, 0) is 9.53 Å². The third kappa shape index (κ3) is 3.34. The van der Waals surface area contributed by atoms with Gasteiger partial charge in [-0.1, -0.05) is 0 Å². The number of nitrogens with zero attached hydrogens (tertiary/aromatic N) is 4. The fourth-order valence-electron chi connectivity index (χ4n) is 0.567. The lowest BCUT2D eigenvalue weighted by Crippen LogP contribution is -2.21. The zero-order valence-electron chi connectivity index (χ0n) is 7.39. The van der Waals surface area contributed by atoms with Crippen LogP contribution in [0.2, 0.25) is 0 Å². The Hall–Kier alpha value is -2.39. The van der Waals surface area contributed by atoms with Crippen LogP contribution in [0.1, 0.15) is 6.92 Å². The van der Waals surface area contributed by atoms with Gasteiger partial charge in [-0.2, -0.15) is 15.8 Å². The summed E-state index contributed by atoms with van der Waals surface area (Å²) in [6.45, 7) is 1.69. The molecule has 0 radical (unpaired) electrons. The predicted molar refractivity (Wildman–Crippen MR) is 44.7 cm³/mol. The molecular formula is C8H6N4O2. The van der Waals surface area contributed by atoms with Gasteiger partial charge in [0.05, 0.1) is 6.61 Å². The Labute approximate surface area is 80.6 Å². The zero-order chi connectivity index (χ0) is 11.0. The van der Waals surface area contributed by atoms with Gasteiger partial charge in [0.1, 0.15) is 18.2 Å². The highest BCUT2D eigenvalue weighted by Gasteiger charge is 2.18. The Morgan fingerprint density at radius 2 is 2.00 bits per heavy atom. The van der Waals surface area contributed by atoms with E-state index in [2.05, 4.69) is 9.73 Å². The number of ether oxygens (including phenoxy) is 1. The van der Waals surface area contributed by atoms with Crippen molar-refractivity contribution in [1.29, 1.82) is 15.8 Å². The predicted octanol–water partition coefficient (Wildman–Crippen LogP) is -0.0702. The Bertz CT molecular complexity index is 350. The second kappa shape index (κ2) is 6.16. The highest BCUT2D eigenvalue weighted by atomic mass is 16.5. The standard InChI is InChI=1S/C8H6N4O2/c1-2-14-8(13)7(5-11)12-6(3-9)4-10/h7H,2H2,1H3. The van der Waals surface area contributed by atoms with E-state index in [0.29, 0.717) is 0 Å². The Balaban J connectivity index is 4.72. The molecule has 6 heteroatoms. The molecule has 70 valence electrons. The molecule has 1 unspecified atom stereocenters. The van der Waals surface area contributed by atoms with Crippen LogP contribution in [0.25, 0.3) is 0 Å². The summed E-state index contributed by atoms with van der Waals surface area (Å²) < 4.78 is 4.50. The monoisotopic (exact) mass is 190 g/mol. The zero-order valence-corrected chi connectivity index (χ0v) is 7.39. The maximum absolute atomic E-state index is 11.0. The molecule has 0 aliphatic rings. The summed E-state index contributed by atoms with van der Waals surface area (Å²) in [5, 5.41) is 25.1. The van der Waals surface area contributed by atoms with E-state index >= 15 is 0 Å². The first-order chi connectivity index (χ1) is 6.69. The Kier molecular flexibility index (Phi) is 5.11. The topological polar surface area (TPSA) is 110 Å². The SMILES string of the molecule is CCOC(=O)C(C#N)N=C(C#N)C#N. The van der Waals surface area contributed by atoms with Crippen LogP contribution in [0.3, 0.4) is 0 Å². The van der Waals surface area contributed by atoms with Crippen molar-refractivity contribution < 1.29 is 9.53 Å². The largest absolute Gasteiger partial charge is 0.464 e. The van der Waals surface area contributed by atoms with Crippen molar-refractivity contribution >= 4 is 11.7 Å². The van der Waals surface area contributed by atoms with Crippen molar-refractivity contribution in [2.45, 2.75) is 13.0 Å². The Morgan fingerprint density at radius 1 is 1.43 bits per heavy atom. The molecule has 0 N–H and O–H groups in total. The third-order valence-corrected chi connectivity index (χ3v) is 1.10. The molecule has 0 aliphatic carbocycles. The number of carbonyl (C=O) groups excluding carboxylic acids is 1. The molecule has 0 heterocycles. The maximum atomic E-state index is 11.0. The molecule has 0 spiro atoms.